The zero-order valence-electron chi connectivity index (χ0n) is 21.9. The summed E-state index contributed by atoms with van der Waals surface area (Å²) in [4.78, 5) is 4.36. The topological polar surface area (TPSA) is 65.6 Å². The molecule has 0 spiro atoms. The Morgan fingerprint density at radius 2 is 1.73 bits per heavy atom. The molecule has 1 atom stereocenters. The zero-order valence-corrected chi connectivity index (χ0v) is 21.9. The molecule has 1 aromatic carbocycles. The minimum atomic E-state index is -0.0700. The van der Waals surface area contributed by atoms with Crippen LogP contribution in [-0.2, 0) is 0 Å². The van der Waals surface area contributed by atoms with Crippen LogP contribution in [0.1, 0.15) is 91.9 Å². The van der Waals surface area contributed by atoms with Crippen molar-refractivity contribution >= 4 is 11.6 Å². The quantitative estimate of drug-likeness (QED) is 0.186. The van der Waals surface area contributed by atoms with E-state index in [9.17, 15) is 0 Å². The lowest BCUT2D eigenvalue weighted by molar-refractivity contribution is 0.265. The van der Waals surface area contributed by atoms with E-state index in [1.807, 2.05) is 0 Å². The van der Waals surface area contributed by atoms with E-state index >= 15 is 0 Å². The summed E-state index contributed by atoms with van der Waals surface area (Å²) in [7, 11) is 0. The second kappa shape index (κ2) is 14.5. The van der Waals surface area contributed by atoms with Gasteiger partial charge >= 0.3 is 0 Å². The highest BCUT2D eigenvalue weighted by Crippen LogP contribution is 2.26. The van der Waals surface area contributed by atoms with E-state index in [1.165, 1.54) is 51.4 Å². The van der Waals surface area contributed by atoms with E-state index in [-0.39, 0.29) is 5.41 Å². The van der Waals surface area contributed by atoms with Gasteiger partial charge in [0, 0.05) is 25.3 Å². The summed E-state index contributed by atoms with van der Waals surface area (Å²) in [6.07, 6.45) is 12.9. The molecule has 1 aromatic rings. The molecule has 1 heterocycles. The first-order chi connectivity index (χ1) is 15.9. The van der Waals surface area contributed by atoms with Crippen LogP contribution in [0.3, 0.4) is 0 Å². The van der Waals surface area contributed by atoms with Crippen LogP contribution in [0.15, 0.2) is 24.3 Å². The molecule has 0 aromatic heterocycles. The molecule has 0 bridgehead atoms. The van der Waals surface area contributed by atoms with E-state index < -0.39 is 0 Å². The molecule has 5 heteroatoms. The largest absolute Gasteiger partial charge is 0.494 e. The number of unbranched alkanes of at least 4 members (excludes halogenated alkanes) is 7. The third-order valence-electron chi connectivity index (χ3n) is 6.77. The predicted molar refractivity (Wildman–Crippen MR) is 142 cm³/mol. The van der Waals surface area contributed by atoms with Crippen LogP contribution in [-0.4, -0.2) is 43.6 Å². The first kappa shape index (κ1) is 27.5. The van der Waals surface area contributed by atoms with Gasteiger partial charge in [0.15, 0.2) is 5.96 Å². The lowest BCUT2D eigenvalue weighted by Crippen LogP contribution is -2.51. The number of ether oxygens (including phenoxy) is 1. The van der Waals surface area contributed by atoms with E-state index in [4.69, 9.17) is 15.9 Å². The van der Waals surface area contributed by atoms with E-state index in [0.717, 1.165) is 50.5 Å². The van der Waals surface area contributed by atoms with Crippen LogP contribution in [0.4, 0.5) is 5.69 Å². The monoisotopic (exact) mass is 458 g/mol. The van der Waals surface area contributed by atoms with Crippen molar-refractivity contribution in [2.45, 2.75) is 91.9 Å². The van der Waals surface area contributed by atoms with E-state index in [2.05, 4.69) is 61.8 Å². The van der Waals surface area contributed by atoms with Crippen LogP contribution >= 0.6 is 0 Å². The first-order valence-electron chi connectivity index (χ1n) is 13.4. The summed E-state index contributed by atoms with van der Waals surface area (Å²) in [5.74, 6) is 2.14. The number of rotatable bonds is 14. The fourth-order valence-corrected chi connectivity index (χ4v) is 4.48. The number of nitrogens with zero attached hydrogens (tertiary/aromatic N) is 2. The Labute approximate surface area is 203 Å². The zero-order chi connectivity index (χ0) is 24.1. The Balaban J connectivity index is 1.89. The number of benzene rings is 1. The lowest BCUT2D eigenvalue weighted by Gasteiger charge is -2.40. The van der Waals surface area contributed by atoms with Gasteiger partial charge in [0.2, 0.25) is 0 Å². The van der Waals surface area contributed by atoms with Gasteiger partial charge in [-0.05, 0) is 61.4 Å². The average Bonchev–Trinajstić information content (AvgIpc) is 2.81. The highest BCUT2D eigenvalue weighted by atomic mass is 16.5. The van der Waals surface area contributed by atoms with Crippen LogP contribution in [0.25, 0.3) is 0 Å². The number of hydrogen-bond donors (Lipinski definition) is 2. The highest BCUT2D eigenvalue weighted by Gasteiger charge is 2.28. The smallest absolute Gasteiger partial charge is 0.198 e. The number of nitrogens with one attached hydrogen (secondary N) is 1. The number of nitrogens with two attached hydrogens (primary N) is 1. The normalized spacial score (nSPS) is 16.6. The summed E-state index contributed by atoms with van der Waals surface area (Å²) in [5.41, 5.74) is 7.02. The third-order valence-corrected chi connectivity index (χ3v) is 6.77. The standard InChI is InChI=1S/C28H50N4O/c1-5-6-7-8-9-10-11-12-20-33-26-17-15-25(16-18-26)32(23-28(3,4)22-29)27(30)31-19-13-14-24(2)21-31/h15-18,24,30H,5-14,19-23,29H2,1-4H3. The molecule has 1 aliphatic rings. The van der Waals surface area contributed by atoms with Gasteiger partial charge in [0.25, 0.3) is 0 Å². The Kier molecular flexibility index (Phi) is 12.1. The maximum Gasteiger partial charge on any atom is 0.198 e. The van der Waals surface area contributed by atoms with Crippen LogP contribution < -0.4 is 15.4 Å². The van der Waals surface area contributed by atoms with Gasteiger partial charge in [0.05, 0.1) is 6.61 Å². The van der Waals surface area contributed by atoms with Gasteiger partial charge < -0.3 is 20.3 Å². The molecule has 0 saturated carbocycles. The van der Waals surface area contributed by atoms with Gasteiger partial charge in [-0.2, -0.15) is 0 Å². The summed E-state index contributed by atoms with van der Waals surface area (Å²) in [6.45, 7) is 12.9. The van der Waals surface area contributed by atoms with Crippen molar-refractivity contribution in [3.05, 3.63) is 24.3 Å². The number of guanidine groups is 1. The molecular weight excluding hydrogens is 408 g/mol. The molecule has 1 saturated heterocycles. The van der Waals surface area contributed by atoms with Gasteiger partial charge in [-0.15, -0.1) is 0 Å². The first-order valence-corrected chi connectivity index (χ1v) is 13.4. The maximum absolute atomic E-state index is 8.98. The second-order valence-corrected chi connectivity index (χ2v) is 10.8. The summed E-state index contributed by atoms with van der Waals surface area (Å²) < 4.78 is 6.00. The van der Waals surface area contributed by atoms with E-state index in [1.54, 1.807) is 0 Å². The number of likely N-dealkylation sites (tertiary alicyclic amines) is 1. The van der Waals surface area contributed by atoms with Crippen LogP contribution in [0, 0.1) is 16.7 Å². The van der Waals surface area contributed by atoms with Crippen molar-refractivity contribution in [3.63, 3.8) is 0 Å². The molecule has 0 radical (unpaired) electrons. The third kappa shape index (κ3) is 9.95. The number of piperidine rings is 1. The molecule has 0 aliphatic carbocycles. The Bertz CT molecular complexity index is 673. The molecule has 1 fully saturated rings. The predicted octanol–water partition coefficient (Wildman–Crippen LogP) is 6.66. The molecular formula is C28H50N4O. The fourth-order valence-electron chi connectivity index (χ4n) is 4.48. The van der Waals surface area contributed by atoms with Crippen LogP contribution in [0.5, 0.6) is 5.75 Å². The van der Waals surface area contributed by atoms with Crippen molar-refractivity contribution in [2.75, 3.05) is 37.7 Å². The van der Waals surface area contributed by atoms with Gasteiger partial charge in [0.1, 0.15) is 5.75 Å². The van der Waals surface area contributed by atoms with Crippen LogP contribution in [0.2, 0.25) is 0 Å². The molecule has 33 heavy (non-hydrogen) atoms. The highest BCUT2D eigenvalue weighted by molar-refractivity contribution is 5.94. The molecule has 1 aliphatic heterocycles. The lowest BCUT2D eigenvalue weighted by atomic mass is 9.92. The van der Waals surface area contributed by atoms with E-state index in [0.29, 0.717) is 18.4 Å². The van der Waals surface area contributed by atoms with Crippen molar-refractivity contribution in [2.24, 2.45) is 17.1 Å². The van der Waals surface area contributed by atoms with Gasteiger partial charge in [-0.3, -0.25) is 5.41 Å². The van der Waals surface area contributed by atoms with Crippen molar-refractivity contribution in [3.8, 4) is 5.75 Å². The Morgan fingerprint density at radius 1 is 1.09 bits per heavy atom. The average molecular weight is 459 g/mol. The minimum Gasteiger partial charge on any atom is -0.494 e. The summed E-state index contributed by atoms with van der Waals surface area (Å²) in [6, 6.07) is 8.29. The van der Waals surface area contributed by atoms with Crippen molar-refractivity contribution in [1.29, 1.82) is 5.41 Å². The second-order valence-electron chi connectivity index (χ2n) is 10.8. The molecule has 188 valence electrons. The number of hydrogen-bond acceptors (Lipinski definition) is 3. The van der Waals surface area contributed by atoms with Gasteiger partial charge in [-0.25, -0.2) is 0 Å². The summed E-state index contributed by atoms with van der Waals surface area (Å²) in [5, 5.41) is 8.98. The Morgan fingerprint density at radius 3 is 2.33 bits per heavy atom. The molecule has 1 unspecified atom stereocenters. The molecule has 2 rings (SSSR count). The maximum atomic E-state index is 8.98. The Hall–Kier alpha value is -1.75. The fraction of sp³-hybridized carbons (Fsp3) is 0.750. The minimum absolute atomic E-state index is 0.0700. The molecule has 3 N–H and O–H groups in total. The summed E-state index contributed by atoms with van der Waals surface area (Å²) >= 11 is 0. The van der Waals surface area contributed by atoms with Crippen molar-refractivity contribution in [1.82, 2.24) is 4.90 Å². The number of anilines is 1. The van der Waals surface area contributed by atoms with Gasteiger partial charge in [-0.1, -0.05) is 72.6 Å². The molecule has 5 nitrogen and oxygen atoms in total. The molecule has 0 amide bonds. The van der Waals surface area contributed by atoms with Crippen molar-refractivity contribution < 1.29 is 4.74 Å². The SMILES string of the molecule is CCCCCCCCCCOc1ccc(N(CC(C)(C)CN)C(=N)N2CCCC(C)C2)cc1.